The number of halogens is 4. The normalized spacial score (nSPS) is 10.5. The number of anilines is 2. The lowest BCUT2D eigenvalue weighted by molar-refractivity contribution is -0.603. The molecule has 0 amide bonds. The van der Waals surface area contributed by atoms with Crippen molar-refractivity contribution in [2.24, 2.45) is 0 Å². The van der Waals surface area contributed by atoms with Gasteiger partial charge in [-0.3, -0.25) is 14.8 Å². The number of aromatic amines is 1. The molecule has 0 aliphatic rings. The number of fused-ring (bicyclic) bond motifs is 6. The Morgan fingerprint density at radius 2 is 1.19 bits per heavy atom. The van der Waals surface area contributed by atoms with E-state index in [0.717, 1.165) is 91.7 Å². The highest BCUT2D eigenvalue weighted by Gasteiger charge is 2.21. The van der Waals surface area contributed by atoms with Gasteiger partial charge in [0.25, 0.3) is 0 Å². The van der Waals surface area contributed by atoms with Crippen molar-refractivity contribution in [3.8, 4) is 11.3 Å². The van der Waals surface area contributed by atoms with Crippen LogP contribution in [0.25, 0.3) is 76.4 Å². The van der Waals surface area contributed by atoms with Crippen molar-refractivity contribution >= 4 is 152 Å². The maximum absolute atomic E-state index is 12.0. The third-order valence-electron chi connectivity index (χ3n) is 11.1. The van der Waals surface area contributed by atoms with Gasteiger partial charge in [0.05, 0.1) is 17.7 Å². The van der Waals surface area contributed by atoms with Crippen molar-refractivity contribution in [3.63, 3.8) is 0 Å². The molecule has 0 saturated heterocycles. The monoisotopic (exact) mass is 1310 g/mol. The van der Waals surface area contributed by atoms with Crippen LogP contribution in [0.1, 0.15) is 47.2 Å². The van der Waals surface area contributed by atoms with E-state index >= 15 is 0 Å². The lowest BCUT2D eigenvalue weighted by Crippen LogP contribution is -2.26. The lowest BCUT2D eigenvalue weighted by atomic mass is 10.0. The minimum atomic E-state index is -0.690. The van der Waals surface area contributed by atoms with Crippen molar-refractivity contribution in [1.82, 2.24) is 54.4 Å². The SMILES string of the molecule is CC(=O)OO.CC(C)(C)OC(=O)n1cc(I)c2cccnc21.CCOC(C)=O.Cc1[nH]c2ncccc2c1-c1nccc2c(N)nccc12.Clc1nccc2cnccc12.Nc1nccc2c(Cl)nccc12.[O-][n+]1ccc2c(Cl)nccc2c1. The summed E-state index contributed by atoms with van der Waals surface area (Å²) in [6.45, 7) is 12.3. The molecule has 0 atom stereocenters. The van der Waals surface area contributed by atoms with Gasteiger partial charge in [0, 0.05) is 151 Å². The summed E-state index contributed by atoms with van der Waals surface area (Å²) in [7, 11) is 0. The van der Waals surface area contributed by atoms with E-state index in [1.807, 2.05) is 76.2 Å². The minimum absolute atomic E-state index is 0.211. The van der Waals surface area contributed by atoms with Crippen LogP contribution >= 0.6 is 57.4 Å². The first-order valence-corrected chi connectivity index (χ1v) is 27.2. The van der Waals surface area contributed by atoms with E-state index in [1.54, 1.807) is 99.4 Å². The first-order chi connectivity index (χ1) is 40.1. The van der Waals surface area contributed by atoms with Gasteiger partial charge in [-0.25, -0.2) is 49.0 Å². The van der Waals surface area contributed by atoms with E-state index in [2.05, 4.69) is 82.1 Å². The van der Waals surface area contributed by atoms with Crippen LogP contribution in [-0.4, -0.2) is 89.9 Å². The number of nitrogen functional groups attached to an aromatic ring is 2. The van der Waals surface area contributed by atoms with Gasteiger partial charge in [-0.1, -0.05) is 34.8 Å². The van der Waals surface area contributed by atoms with Crippen molar-refractivity contribution < 1.29 is 38.7 Å². The van der Waals surface area contributed by atoms with Gasteiger partial charge in [0.2, 0.25) is 0 Å². The Morgan fingerprint density at radius 3 is 1.77 bits per heavy atom. The average molecular weight is 1310 g/mol. The molecular weight excluding hydrogens is 1250 g/mol. The molecule has 6 N–H and O–H groups in total. The molecule has 0 spiro atoms. The Bertz CT molecular complexity index is 4200. The molecule has 12 aromatic heterocycles. The zero-order chi connectivity index (χ0) is 61.1. The van der Waals surface area contributed by atoms with Crippen LogP contribution in [0.4, 0.5) is 16.4 Å². The molecule has 26 heteroatoms. The predicted octanol–water partition coefficient (Wildman–Crippen LogP) is 12.7. The largest absolute Gasteiger partial charge is 0.619 e. The van der Waals surface area contributed by atoms with E-state index < -0.39 is 17.7 Å². The van der Waals surface area contributed by atoms with Gasteiger partial charge in [-0.2, -0.15) is 9.99 Å². The Labute approximate surface area is 508 Å². The first kappa shape index (κ1) is 64.2. The summed E-state index contributed by atoms with van der Waals surface area (Å²) in [5.74, 6) is 0.103. The minimum Gasteiger partial charge on any atom is -0.619 e. The summed E-state index contributed by atoms with van der Waals surface area (Å²) in [6, 6.07) is 22.3. The number of carbonyl (C=O) groups is 3. The van der Waals surface area contributed by atoms with Crippen LogP contribution in [-0.2, 0) is 24.0 Å². The molecule has 0 aromatic carbocycles. The highest BCUT2D eigenvalue weighted by Crippen LogP contribution is 2.35. The van der Waals surface area contributed by atoms with Gasteiger partial charge < -0.3 is 36.0 Å². The van der Waals surface area contributed by atoms with E-state index in [9.17, 15) is 19.6 Å². The first-order valence-electron chi connectivity index (χ1n) is 25.0. The maximum atomic E-state index is 12.0. The standard InChI is InChI=1S/C16H13N5.C12H13IN2O2.C8H6ClN3.C8H5ClN2O.C8H5ClN2.C4H8O2.C2H4O3/c1-9-13(12-3-2-6-20-16(12)21-9)14-10-4-8-19-15(17)11(10)5-7-18-14;1-12(2,3)17-11(16)15-7-9(13)8-5-4-6-14-10(8)15;9-7-5-1-4-12-8(10)6(5)2-3-11-7;9-8-7-2-4-11(12)5-6(7)1-3-10-8;9-8-7-2-3-10-5-6(7)1-4-11-8;1-3-6-4(2)5;1-2(3)5-4/h2-8H,1H3,(H2,17,19)(H,20,21);4-7H,1-3H3;1-4H,(H2,10,12);1-5H;1-5H;3H2,1-2H3;4H,1H3. The lowest BCUT2D eigenvalue weighted by Gasteiger charge is -2.19. The second kappa shape index (κ2) is 30.3. The summed E-state index contributed by atoms with van der Waals surface area (Å²) < 4.78 is 12.9. The molecule has 12 aromatic rings. The van der Waals surface area contributed by atoms with Crippen molar-refractivity contribution in [2.45, 2.75) is 54.1 Å². The Balaban J connectivity index is 0.000000164. The molecule has 0 bridgehead atoms. The maximum Gasteiger partial charge on any atom is 0.420 e. The van der Waals surface area contributed by atoms with Gasteiger partial charge in [-0.05, 0) is 124 Å². The zero-order valence-electron chi connectivity index (χ0n) is 46.0. The van der Waals surface area contributed by atoms with Gasteiger partial charge in [0.1, 0.15) is 44.0 Å². The van der Waals surface area contributed by atoms with E-state index in [0.29, 0.717) is 39.3 Å². The Hall–Kier alpha value is -9.01. The fourth-order valence-corrected chi connectivity index (χ4v) is 8.97. The number of aryl methyl sites for hydroxylation is 1. The molecule has 0 fully saturated rings. The number of aromatic nitrogens is 12. The van der Waals surface area contributed by atoms with E-state index in [1.165, 1.54) is 23.9 Å². The van der Waals surface area contributed by atoms with Crippen molar-refractivity contribution in [1.29, 1.82) is 0 Å². The molecule has 0 radical (unpaired) electrons. The van der Waals surface area contributed by atoms with Crippen LogP contribution in [0, 0.1) is 15.7 Å². The van der Waals surface area contributed by atoms with Gasteiger partial charge >= 0.3 is 18.0 Å². The Morgan fingerprint density at radius 1 is 0.667 bits per heavy atom. The van der Waals surface area contributed by atoms with E-state index in [-0.39, 0.29) is 5.97 Å². The molecule has 12 heterocycles. The predicted molar refractivity (Wildman–Crippen MR) is 334 cm³/mol. The van der Waals surface area contributed by atoms with Crippen LogP contribution < -0.4 is 16.2 Å². The van der Waals surface area contributed by atoms with Crippen molar-refractivity contribution in [2.75, 3.05) is 18.1 Å². The molecule has 0 saturated carbocycles. The number of H-pyrrole nitrogens is 1. The molecule has 22 nitrogen and oxygen atoms in total. The zero-order valence-corrected chi connectivity index (χ0v) is 50.5. The van der Waals surface area contributed by atoms with Crippen LogP contribution in [0.5, 0.6) is 0 Å². The third kappa shape index (κ3) is 17.5. The highest BCUT2D eigenvalue weighted by atomic mass is 127. The summed E-state index contributed by atoms with van der Waals surface area (Å²) in [5, 5.41) is 28.7. The molecule has 0 aliphatic carbocycles. The second-order valence-corrected chi connectivity index (χ2v) is 20.4. The smallest absolute Gasteiger partial charge is 0.420 e. The number of carbonyl (C=O) groups excluding carboxylic acids is 3. The number of nitrogens with one attached hydrogen (secondary N) is 1. The summed E-state index contributed by atoms with van der Waals surface area (Å²) in [4.78, 5) is 74.5. The number of esters is 1. The number of hydrogen-bond acceptors (Lipinski definition) is 19. The molecule has 0 unspecified atom stereocenters. The molecule has 12 rings (SSSR count). The number of nitrogens with zero attached hydrogens (tertiary/aromatic N) is 11. The van der Waals surface area contributed by atoms with Gasteiger partial charge in [-0.15, -0.1) is 0 Å². The Kier molecular flexibility index (Phi) is 23.2. The van der Waals surface area contributed by atoms with Crippen LogP contribution in [0.3, 0.4) is 0 Å². The quantitative estimate of drug-likeness (QED) is 0.0183. The number of pyridine rings is 10. The molecule has 0 aliphatic heterocycles. The fraction of sp³-hybridized carbons (Fsp3) is 0.155. The third-order valence-corrected chi connectivity index (χ3v) is 12.9. The highest BCUT2D eigenvalue weighted by molar-refractivity contribution is 14.1. The van der Waals surface area contributed by atoms with Crippen LogP contribution in [0.2, 0.25) is 15.5 Å². The number of nitrogens with two attached hydrogens (primary N) is 2. The topological polar surface area (TPSA) is 315 Å². The van der Waals surface area contributed by atoms with Crippen LogP contribution in [0.15, 0.2) is 153 Å². The molecule has 84 heavy (non-hydrogen) atoms. The molecular formula is C58H54Cl3IN14O8. The fourth-order valence-electron chi connectivity index (χ4n) is 7.59. The summed E-state index contributed by atoms with van der Waals surface area (Å²) >= 11 is 19.6. The summed E-state index contributed by atoms with van der Waals surface area (Å²) in [6.07, 6.45) is 21.1. The number of hydrogen-bond donors (Lipinski definition) is 4. The van der Waals surface area contributed by atoms with E-state index in [4.69, 9.17) is 56.3 Å². The number of ether oxygens (including phenoxy) is 2. The van der Waals surface area contributed by atoms with Gasteiger partial charge in [0.15, 0.2) is 12.4 Å². The number of rotatable bonds is 2. The summed E-state index contributed by atoms with van der Waals surface area (Å²) in [5.41, 5.74) is 15.6. The second-order valence-electron chi connectivity index (χ2n) is 18.2. The molecule has 432 valence electrons. The van der Waals surface area contributed by atoms with Crippen molar-refractivity contribution in [3.05, 3.63) is 183 Å². The average Bonchev–Trinajstić information content (AvgIpc) is 3.51.